The van der Waals surface area contributed by atoms with E-state index in [1.807, 2.05) is 36.4 Å². The summed E-state index contributed by atoms with van der Waals surface area (Å²) in [6.45, 7) is 0.452. The Hall–Kier alpha value is -3.02. The number of hydrogen-bond donors (Lipinski definition) is 0. The number of benzene rings is 2. The van der Waals surface area contributed by atoms with Gasteiger partial charge in [-0.2, -0.15) is 5.11 Å². The van der Waals surface area contributed by atoms with Gasteiger partial charge in [0.1, 0.15) is 0 Å². The molecule has 2 amide bonds. The van der Waals surface area contributed by atoms with Crippen LogP contribution in [-0.2, 0) is 16.1 Å². The van der Waals surface area contributed by atoms with Crippen molar-refractivity contribution in [3.05, 3.63) is 66.2 Å². The van der Waals surface area contributed by atoms with Crippen LogP contribution < -0.4 is 4.90 Å². The number of imide groups is 1. The number of fused-ring (bicyclic) bond motifs is 1. The minimum atomic E-state index is -0.744. The van der Waals surface area contributed by atoms with E-state index in [0.29, 0.717) is 12.2 Å². The highest BCUT2D eigenvalue weighted by molar-refractivity contribution is 6.25. The predicted octanol–water partition coefficient (Wildman–Crippen LogP) is 2.18. The third-order valence-electron chi connectivity index (χ3n) is 4.06. The first-order valence-electron chi connectivity index (χ1n) is 7.40. The zero-order valence-corrected chi connectivity index (χ0v) is 12.2. The van der Waals surface area contributed by atoms with Gasteiger partial charge in [0.25, 0.3) is 11.8 Å². The number of anilines is 1. The number of carbonyl (C=O) groups is 2. The summed E-state index contributed by atoms with van der Waals surface area (Å²) in [5.41, 5.74) is 1.59. The summed E-state index contributed by atoms with van der Waals surface area (Å²) in [6.07, 6.45) is 0. The van der Waals surface area contributed by atoms with Crippen molar-refractivity contribution >= 4 is 17.5 Å². The van der Waals surface area contributed by atoms with E-state index in [1.165, 1.54) is 4.90 Å². The number of rotatable bonds is 3. The van der Waals surface area contributed by atoms with Crippen LogP contribution in [-0.4, -0.2) is 28.9 Å². The molecule has 6 heteroatoms. The maximum Gasteiger partial charge on any atom is 0.263 e. The zero-order chi connectivity index (χ0) is 15.8. The Morgan fingerprint density at radius 1 is 0.870 bits per heavy atom. The van der Waals surface area contributed by atoms with Crippen LogP contribution in [0.25, 0.3) is 0 Å². The maximum absolute atomic E-state index is 12.7. The van der Waals surface area contributed by atoms with Gasteiger partial charge in [-0.3, -0.25) is 14.6 Å². The molecule has 1 saturated heterocycles. The number of carbonyl (C=O) groups excluding carboxylic acids is 2. The maximum atomic E-state index is 12.7. The monoisotopic (exact) mass is 306 g/mol. The van der Waals surface area contributed by atoms with Gasteiger partial charge in [0.15, 0.2) is 12.1 Å². The first kappa shape index (κ1) is 13.6. The van der Waals surface area contributed by atoms with Crippen LogP contribution in [0.2, 0.25) is 0 Å². The molecule has 0 aliphatic carbocycles. The number of hydrogen-bond acceptors (Lipinski definition) is 5. The Morgan fingerprint density at radius 3 is 2.22 bits per heavy atom. The second kappa shape index (κ2) is 5.31. The average Bonchev–Trinajstić information content (AvgIpc) is 3.10. The van der Waals surface area contributed by atoms with Crippen LogP contribution in [0.1, 0.15) is 5.56 Å². The van der Waals surface area contributed by atoms with Gasteiger partial charge in [-0.25, -0.2) is 4.90 Å². The highest BCUT2D eigenvalue weighted by Crippen LogP contribution is 2.32. The fourth-order valence-corrected chi connectivity index (χ4v) is 2.96. The Labute approximate surface area is 133 Å². The summed E-state index contributed by atoms with van der Waals surface area (Å²) in [5.74, 6) is -0.586. The lowest BCUT2D eigenvalue weighted by Gasteiger charge is -2.20. The standard InChI is InChI=1S/C17H14N4O2/c22-16-14-15(17(23)21(16)13-9-5-2-6-10-13)20(19-18-14)11-12-7-3-1-4-8-12/h1-10,14-15H,11H2/t14-,15+/m1/s1. The molecule has 2 aliphatic heterocycles. The molecule has 0 unspecified atom stereocenters. The highest BCUT2D eigenvalue weighted by atomic mass is 16.2. The Morgan fingerprint density at radius 2 is 1.52 bits per heavy atom. The van der Waals surface area contributed by atoms with Crippen molar-refractivity contribution in [2.75, 3.05) is 4.90 Å². The molecule has 0 bridgehead atoms. The van der Waals surface area contributed by atoms with Crippen molar-refractivity contribution in [2.24, 2.45) is 10.3 Å². The lowest BCUT2D eigenvalue weighted by molar-refractivity contribution is -0.123. The second-order valence-corrected chi connectivity index (χ2v) is 5.53. The molecule has 6 nitrogen and oxygen atoms in total. The van der Waals surface area contributed by atoms with Crippen LogP contribution >= 0.6 is 0 Å². The molecular weight excluding hydrogens is 292 g/mol. The summed E-state index contributed by atoms with van der Waals surface area (Å²) in [7, 11) is 0. The molecule has 0 N–H and O–H groups in total. The normalized spacial score (nSPS) is 22.8. The molecular formula is C17H14N4O2. The van der Waals surface area contributed by atoms with Gasteiger partial charge in [0.05, 0.1) is 12.2 Å². The summed E-state index contributed by atoms with van der Waals surface area (Å²) in [5, 5.41) is 9.66. The summed E-state index contributed by atoms with van der Waals surface area (Å²) >= 11 is 0. The molecule has 0 radical (unpaired) electrons. The molecule has 23 heavy (non-hydrogen) atoms. The first-order valence-corrected chi connectivity index (χ1v) is 7.40. The number of nitrogens with zero attached hydrogens (tertiary/aromatic N) is 4. The number of amides is 2. The van der Waals surface area contributed by atoms with E-state index in [9.17, 15) is 9.59 Å². The average molecular weight is 306 g/mol. The van der Waals surface area contributed by atoms with E-state index < -0.39 is 12.1 Å². The van der Waals surface area contributed by atoms with Crippen molar-refractivity contribution in [3.8, 4) is 0 Å². The molecule has 2 heterocycles. The van der Waals surface area contributed by atoms with Crippen LogP contribution in [0.5, 0.6) is 0 Å². The summed E-state index contributed by atoms with van der Waals surface area (Å²) in [4.78, 5) is 26.5. The topological polar surface area (TPSA) is 65.3 Å². The molecule has 4 rings (SSSR count). The second-order valence-electron chi connectivity index (χ2n) is 5.53. The SMILES string of the molecule is O=C1[C@@H]2[C@@H](N=NN2Cc2ccccc2)C(=O)N1c1ccccc1. The van der Waals surface area contributed by atoms with E-state index in [-0.39, 0.29) is 11.8 Å². The van der Waals surface area contributed by atoms with Gasteiger partial charge in [-0.15, -0.1) is 0 Å². The third-order valence-corrected chi connectivity index (χ3v) is 4.06. The van der Waals surface area contributed by atoms with Crippen molar-refractivity contribution in [1.82, 2.24) is 5.01 Å². The Kier molecular flexibility index (Phi) is 3.15. The molecule has 2 atom stereocenters. The van der Waals surface area contributed by atoms with Gasteiger partial charge in [-0.1, -0.05) is 53.8 Å². The van der Waals surface area contributed by atoms with Gasteiger partial charge in [-0.05, 0) is 17.7 Å². The minimum absolute atomic E-state index is 0.271. The van der Waals surface area contributed by atoms with E-state index in [1.54, 1.807) is 29.3 Å². The fraction of sp³-hybridized carbons (Fsp3) is 0.176. The molecule has 114 valence electrons. The third kappa shape index (κ3) is 2.19. The zero-order valence-electron chi connectivity index (χ0n) is 12.2. The van der Waals surface area contributed by atoms with Crippen molar-refractivity contribution < 1.29 is 9.59 Å². The molecule has 2 aromatic carbocycles. The summed E-state index contributed by atoms with van der Waals surface area (Å²) in [6, 6.07) is 17.2. The van der Waals surface area contributed by atoms with Crippen LogP contribution in [0.4, 0.5) is 5.69 Å². The van der Waals surface area contributed by atoms with Crippen LogP contribution in [0.15, 0.2) is 71.0 Å². The van der Waals surface area contributed by atoms with E-state index in [2.05, 4.69) is 10.3 Å². The molecule has 0 aromatic heterocycles. The quantitative estimate of drug-likeness (QED) is 0.816. The first-order chi connectivity index (χ1) is 11.3. The molecule has 2 aliphatic rings. The number of para-hydroxylation sites is 1. The van der Waals surface area contributed by atoms with E-state index in [4.69, 9.17) is 0 Å². The van der Waals surface area contributed by atoms with Gasteiger partial charge in [0.2, 0.25) is 0 Å². The van der Waals surface area contributed by atoms with Gasteiger partial charge < -0.3 is 0 Å². The van der Waals surface area contributed by atoms with Crippen LogP contribution in [0.3, 0.4) is 0 Å². The fourth-order valence-electron chi connectivity index (χ4n) is 2.96. The van der Waals surface area contributed by atoms with Crippen molar-refractivity contribution in [2.45, 2.75) is 18.6 Å². The van der Waals surface area contributed by atoms with E-state index in [0.717, 1.165) is 5.56 Å². The largest absolute Gasteiger partial charge is 0.271 e. The molecule has 0 saturated carbocycles. The van der Waals surface area contributed by atoms with Crippen molar-refractivity contribution in [3.63, 3.8) is 0 Å². The Balaban J connectivity index is 1.61. The lowest BCUT2D eigenvalue weighted by atomic mass is 10.1. The molecule has 1 fully saturated rings. The highest BCUT2D eigenvalue weighted by Gasteiger charge is 2.54. The van der Waals surface area contributed by atoms with Crippen molar-refractivity contribution in [1.29, 1.82) is 0 Å². The predicted molar refractivity (Wildman–Crippen MR) is 83.4 cm³/mol. The van der Waals surface area contributed by atoms with Gasteiger partial charge in [0, 0.05) is 0 Å². The van der Waals surface area contributed by atoms with Crippen LogP contribution in [0, 0.1) is 0 Å². The van der Waals surface area contributed by atoms with Gasteiger partial charge >= 0.3 is 0 Å². The summed E-state index contributed by atoms with van der Waals surface area (Å²) < 4.78 is 0. The lowest BCUT2D eigenvalue weighted by Crippen LogP contribution is -2.39. The Bertz CT molecular complexity index is 776. The smallest absolute Gasteiger partial charge is 0.263 e. The molecule has 0 spiro atoms. The van der Waals surface area contributed by atoms with E-state index >= 15 is 0 Å². The molecule has 2 aromatic rings. The minimum Gasteiger partial charge on any atom is -0.271 e.